The summed E-state index contributed by atoms with van der Waals surface area (Å²) in [6.45, 7) is 3.91. The maximum atomic E-state index is 11.8. The summed E-state index contributed by atoms with van der Waals surface area (Å²) in [7, 11) is 0. The number of nitrogens with zero attached hydrogens (tertiary/aromatic N) is 3. The number of carbonyl (C=O) groups is 1. The van der Waals surface area contributed by atoms with Gasteiger partial charge in [0.2, 0.25) is 0 Å². The summed E-state index contributed by atoms with van der Waals surface area (Å²) in [6, 6.07) is 1.66. The Morgan fingerprint density at radius 2 is 2.41 bits per heavy atom. The average Bonchev–Trinajstić information content (AvgIpc) is 2.70. The molecule has 0 saturated heterocycles. The van der Waals surface area contributed by atoms with Gasteiger partial charge in [-0.15, -0.1) is 0 Å². The minimum atomic E-state index is -0.248. The van der Waals surface area contributed by atoms with E-state index in [1.165, 1.54) is 10.7 Å². The van der Waals surface area contributed by atoms with Crippen molar-refractivity contribution in [3.63, 3.8) is 0 Å². The molecule has 1 amide bonds. The van der Waals surface area contributed by atoms with E-state index in [2.05, 4.69) is 15.4 Å². The first kappa shape index (κ1) is 11.4. The molecule has 2 aromatic heterocycles. The lowest BCUT2D eigenvalue weighted by Gasteiger charge is -2.10. The minimum absolute atomic E-state index is 0.0387. The first-order valence-electron chi connectivity index (χ1n) is 5.46. The van der Waals surface area contributed by atoms with Crippen molar-refractivity contribution in [3.05, 3.63) is 24.2 Å². The molecule has 0 aliphatic rings. The van der Waals surface area contributed by atoms with Crippen LogP contribution in [0.4, 0.5) is 0 Å². The van der Waals surface area contributed by atoms with Crippen molar-refractivity contribution in [2.75, 3.05) is 0 Å². The molecule has 0 aromatic carbocycles. The SMILES string of the molecule is CCC(C)NC(=O)c1ccn2ncc(O)c2n1. The van der Waals surface area contributed by atoms with E-state index in [4.69, 9.17) is 0 Å². The highest BCUT2D eigenvalue weighted by Gasteiger charge is 2.12. The van der Waals surface area contributed by atoms with Crippen LogP contribution in [0.25, 0.3) is 5.65 Å². The van der Waals surface area contributed by atoms with Gasteiger partial charge in [-0.1, -0.05) is 6.92 Å². The van der Waals surface area contributed by atoms with Crippen LogP contribution in [0.15, 0.2) is 18.5 Å². The van der Waals surface area contributed by atoms with Gasteiger partial charge in [-0.25, -0.2) is 9.50 Å². The molecule has 2 N–H and O–H groups in total. The molecule has 2 rings (SSSR count). The summed E-state index contributed by atoms with van der Waals surface area (Å²) in [5.74, 6) is -0.286. The quantitative estimate of drug-likeness (QED) is 0.829. The molecule has 1 atom stereocenters. The minimum Gasteiger partial charge on any atom is -0.503 e. The van der Waals surface area contributed by atoms with E-state index in [-0.39, 0.29) is 29.0 Å². The van der Waals surface area contributed by atoms with Crippen molar-refractivity contribution in [2.45, 2.75) is 26.3 Å². The fourth-order valence-corrected chi connectivity index (χ4v) is 1.38. The first-order chi connectivity index (χ1) is 8.11. The molecular weight excluding hydrogens is 220 g/mol. The predicted molar refractivity (Wildman–Crippen MR) is 61.9 cm³/mol. The lowest BCUT2D eigenvalue weighted by molar-refractivity contribution is 0.0934. The Kier molecular flexibility index (Phi) is 2.95. The summed E-state index contributed by atoms with van der Waals surface area (Å²) >= 11 is 0. The van der Waals surface area contributed by atoms with Gasteiger partial charge in [-0.05, 0) is 19.4 Å². The van der Waals surface area contributed by atoms with Crippen LogP contribution in [0.5, 0.6) is 5.75 Å². The highest BCUT2D eigenvalue weighted by atomic mass is 16.3. The van der Waals surface area contributed by atoms with E-state index < -0.39 is 0 Å². The van der Waals surface area contributed by atoms with E-state index in [0.29, 0.717) is 0 Å². The molecule has 90 valence electrons. The number of nitrogens with one attached hydrogen (secondary N) is 1. The van der Waals surface area contributed by atoms with Gasteiger partial charge in [0.1, 0.15) is 5.69 Å². The van der Waals surface area contributed by atoms with E-state index in [0.717, 1.165) is 6.42 Å². The second-order valence-corrected chi connectivity index (χ2v) is 3.89. The maximum absolute atomic E-state index is 11.8. The van der Waals surface area contributed by atoms with Crippen LogP contribution in [-0.2, 0) is 0 Å². The average molecular weight is 234 g/mol. The zero-order valence-corrected chi connectivity index (χ0v) is 9.71. The standard InChI is InChI=1S/C11H14N4O2/c1-3-7(2)13-11(17)8-4-5-15-10(14-8)9(16)6-12-15/h4-7,16H,3H2,1-2H3,(H,13,17). The highest BCUT2D eigenvalue weighted by molar-refractivity contribution is 5.92. The number of carbonyl (C=O) groups excluding carboxylic acids is 1. The summed E-state index contributed by atoms with van der Waals surface area (Å²) in [5.41, 5.74) is 0.551. The molecule has 1 unspecified atom stereocenters. The molecule has 0 aliphatic carbocycles. The van der Waals surface area contributed by atoms with Crippen molar-refractivity contribution < 1.29 is 9.90 Å². The van der Waals surface area contributed by atoms with E-state index in [1.54, 1.807) is 12.3 Å². The van der Waals surface area contributed by atoms with Crippen LogP contribution in [0.1, 0.15) is 30.8 Å². The molecule has 0 aliphatic heterocycles. The fourth-order valence-electron chi connectivity index (χ4n) is 1.38. The van der Waals surface area contributed by atoms with E-state index in [1.807, 2.05) is 13.8 Å². The third kappa shape index (κ3) is 2.20. The molecule has 0 bridgehead atoms. The Labute approximate surface area is 98.3 Å². The number of amides is 1. The largest absolute Gasteiger partial charge is 0.503 e. The summed E-state index contributed by atoms with van der Waals surface area (Å²) in [4.78, 5) is 15.9. The second-order valence-electron chi connectivity index (χ2n) is 3.89. The highest BCUT2D eigenvalue weighted by Crippen LogP contribution is 2.14. The van der Waals surface area contributed by atoms with Crippen molar-refractivity contribution in [2.24, 2.45) is 0 Å². The topological polar surface area (TPSA) is 79.5 Å². The predicted octanol–water partition coefficient (Wildman–Crippen LogP) is 0.963. The molecule has 0 fully saturated rings. The normalized spacial score (nSPS) is 12.6. The summed E-state index contributed by atoms with van der Waals surface area (Å²) in [6.07, 6.45) is 3.73. The zero-order valence-electron chi connectivity index (χ0n) is 9.71. The Balaban J connectivity index is 2.29. The van der Waals surface area contributed by atoms with E-state index >= 15 is 0 Å². The van der Waals surface area contributed by atoms with Gasteiger partial charge in [-0.3, -0.25) is 4.79 Å². The number of aromatic nitrogens is 3. The lowest BCUT2D eigenvalue weighted by Crippen LogP contribution is -2.32. The first-order valence-corrected chi connectivity index (χ1v) is 5.46. The third-order valence-corrected chi connectivity index (χ3v) is 2.57. The van der Waals surface area contributed by atoms with Crippen LogP contribution in [0.3, 0.4) is 0 Å². The Morgan fingerprint density at radius 3 is 3.12 bits per heavy atom. The number of hydrogen-bond acceptors (Lipinski definition) is 4. The molecule has 0 radical (unpaired) electrons. The van der Waals surface area contributed by atoms with Crippen molar-refractivity contribution in [1.82, 2.24) is 19.9 Å². The number of aromatic hydroxyl groups is 1. The summed E-state index contributed by atoms with van der Waals surface area (Å²) in [5, 5.41) is 16.1. The van der Waals surface area contributed by atoms with Crippen molar-refractivity contribution in [1.29, 1.82) is 0 Å². The van der Waals surface area contributed by atoms with Crippen molar-refractivity contribution >= 4 is 11.6 Å². The molecule has 0 saturated carbocycles. The van der Waals surface area contributed by atoms with Gasteiger partial charge in [0.25, 0.3) is 5.91 Å². The Morgan fingerprint density at radius 1 is 1.65 bits per heavy atom. The zero-order chi connectivity index (χ0) is 12.4. The monoisotopic (exact) mass is 234 g/mol. The van der Waals surface area contributed by atoms with Crippen LogP contribution in [0, 0.1) is 0 Å². The third-order valence-electron chi connectivity index (χ3n) is 2.57. The molecule has 2 heterocycles. The van der Waals surface area contributed by atoms with Crippen LogP contribution in [-0.4, -0.2) is 31.7 Å². The van der Waals surface area contributed by atoms with Crippen LogP contribution < -0.4 is 5.32 Å². The lowest BCUT2D eigenvalue weighted by atomic mass is 10.2. The van der Waals surface area contributed by atoms with Crippen molar-refractivity contribution in [3.8, 4) is 5.75 Å². The number of fused-ring (bicyclic) bond motifs is 1. The molecule has 2 aromatic rings. The molecule has 17 heavy (non-hydrogen) atoms. The molecule has 0 spiro atoms. The smallest absolute Gasteiger partial charge is 0.270 e. The second kappa shape index (κ2) is 4.40. The maximum Gasteiger partial charge on any atom is 0.270 e. The Bertz CT molecular complexity index is 549. The van der Waals surface area contributed by atoms with Gasteiger partial charge in [0, 0.05) is 12.2 Å². The number of rotatable bonds is 3. The fraction of sp³-hybridized carbons (Fsp3) is 0.364. The molecular formula is C11H14N4O2. The van der Waals surface area contributed by atoms with Crippen LogP contribution >= 0.6 is 0 Å². The molecule has 6 nitrogen and oxygen atoms in total. The van der Waals surface area contributed by atoms with E-state index in [9.17, 15) is 9.90 Å². The molecule has 6 heteroatoms. The van der Waals surface area contributed by atoms with Gasteiger partial charge >= 0.3 is 0 Å². The summed E-state index contributed by atoms with van der Waals surface area (Å²) < 4.78 is 1.41. The van der Waals surface area contributed by atoms with Crippen LogP contribution in [0.2, 0.25) is 0 Å². The van der Waals surface area contributed by atoms with Gasteiger partial charge in [0.15, 0.2) is 11.4 Å². The van der Waals surface area contributed by atoms with Gasteiger partial charge in [-0.2, -0.15) is 5.10 Å². The van der Waals surface area contributed by atoms with Gasteiger partial charge < -0.3 is 10.4 Å². The van der Waals surface area contributed by atoms with Gasteiger partial charge in [0.05, 0.1) is 6.20 Å². The number of hydrogen-bond donors (Lipinski definition) is 2. The Hall–Kier alpha value is -2.11.